The van der Waals surface area contributed by atoms with E-state index in [0.29, 0.717) is 80.8 Å². The molecule has 0 amide bonds. The summed E-state index contributed by atoms with van der Waals surface area (Å²) in [6, 6.07) is 40.5. The van der Waals surface area contributed by atoms with Gasteiger partial charge in [0.05, 0.1) is 98.6 Å². The van der Waals surface area contributed by atoms with E-state index in [2.05, 4.69) is 50.4 Å². The first kappa shape index (κ1) is 86.4. The van der Waals surface area contributed by atoms with Gasteiger partial charge in [0.2, 0.25) is 0 Å². The van der Waals surface area contributed by atoms with E-state index < -0.39 is 47.0 Å². The van der Waals surface area contributed by atoms with Gasteiger partial charge in [0.25, 0.3) is 0 Å². The van der Waals surface area contributed by atoms with Crippen molar-refractivity contribution in [1.82, 2.24) is 73.8 Å². The van der Waals surface area contributed by atoms with Gasteiger partial charge in [-0.3, -0.25) is 48.3 Å². The van der Waals surface area contributed by atoms with Crippen molar-refractivity contribution >= 4 is 53.0 Å². The number of rotatable bonds is 25. The lowest BCUT2D eigenvalue weighted by molar-refractivity contribution is 0.0682. The zero-order valence-corrected chi connectivity index (χ0v) is 64.9. The summed E-state index contributed by atoms with van der Waals surface area (Å²) < 4.78 is 36.4. The molecule has 0 radical (unpaired) electrons. The molecule has 10 N–H and O–H groups in total. The Labute approximate surface area is 691 Å². The average molecular weight is 1670 g/mol. The molecule has 15 aromatic rings. The molecule has 0 saturated heterocycles. The highest BCUT2D eigenvalue weighted by Gasteiger charge is 2.25. The number of carbonyl (C=O) groups is 5. The van der Waals surface area contributed by atoms with Crippen molar-refractivity contribution in [2.45, 2.75) is 39.6 Å². The van der Waals surface area contributed by atoms with Crippen LogP contribution in [-0.4, -0.2) is 188 Å². The van der Waals surface area contributed by atoms with E-state index >= 15 is 0 Å². The number of aryl methyl sites for hydroxylation is 1. The number of carboxylic acid groups (broad SMARTS) is 5. The van der Waals surface area contributed by atoms with Crippen molar-refractivity contribution in [3.63, 3.8) is 0 Å². The number of aromatic carboxylic acids is 5. The first-order valence-electron chi connectivity index (χ1n) is 36.4. The normalized spacial score (nSPS) is 10.8. The lowest BCUT2D eigenvalue weighted by Crippen LogP contribution is -2.02. The minimum absolute atomic E-state index is 0.0227. The molecule has 0 bridgehead atoms. The van der Waals surface area contributed by atoms with Crippen molar-refractivity contribution in [2.75, 3.05) is 33.0 Å². The molecule has 0 aliphatic rings. The second kappa shape index (κ2) is 40.9. The van der Waals surface area contributed by atoms with Crippen LogP contribution in [-0.2, 0) is 32.7 Å². The van der Waals surface area contributed by atoms with Crippen LogP contribution in [0.15, 0.2) is 245 Å². The minimum Gasteiger partial charge on any atom is -0.478 e. The van der Waals surface area contributed by atoms with Crippen LogP contribution < -0.4 is 0 Å². The number of carboxylic acids is 5. The van der Waals surface area contributed by atoms with E-state index in [4.69, 9.17) is 53.8 Å². The molecular weight excluding hydrogens is 1590 g/mol. The van der Waals surface area contributed by atoms with Crippen LogP contribution in [0, 0.1) is 18.6 Å². The van der Waals surface area contributed by atoms with E-state index in [9.17, 15) is 53.2 Å². The van der Waals surface area contributed by atoms with Gasteiger partial charge in [0, 0.05) is 165 Å². The van der Waals surface area contributed by atoms with Gasteiger partial charge >= 0.3 is 29.8 Å². The van der Waals surface area contributed by atoms with Crippen molar-refractivity contribution in [3.8, 4) is 112 Å². The summed E-state index contributed by atoms with van der Waals surface area (Å²) in [5, 5.41) is 115. The summed E-state index contributed by atoms with van der Waals surface area (Å²) in [5.74, 6) is -7.09. The topological polar surface area (TPSA) is 441 Å². The summed E-state index contributed by atoms with van der Waals surface area (Å²) in [5.41, 5.74) is 13.7. The van der Waals surface area contributed by atoms with Crippen LogP contribution in [0.4, 0.5) is 8.78 Å². The largest absolute Gasteiger partial charge is 0.478 e. The van der Waals surface area contributed by atoms with Gasteiger partial charge in [0.1, 0.15) is 40.1 Å². The SMILES string of the molecule is Cc1cc(C(=O)O)cc(-c2cn(CCO)nc2-c2ccncc2)c1.O=C(O)c1cc(Cl)cc(-c2cn(CCO)nc2-c2ccncc2)c1.O=C(O)c1cc(F)cc(-c2cn(CCO)nc2-c2ccncc2)c1.O=C(O)c1cccc(-c2cn(CCO)nc2-c2ccncc2)c1Cl.O=C(O)c1cccc(-c2cn(CCO)nc2-c2ccncc2)c1F. The molecule has 34 heteroatoms. The summed E-state index contributed by atoms with van der Waals surface area (Å²) in [7, 11) is 0. The summed E-state index contributed by atoms with van der Waals surface area (Å²) in [6.45, 7) is 3.08. The number of hydrogen-bond donors (Lipinski definition) is 10. The lowest BCUT2D eigenvalue weighted by atomic mass is 9.98. The van der Waals surface area contributed by atoms with Gasteiger partial charge in [-0.1, -0.05) is 53.5 Å². The standard InChI is InChI=1S/C18H17N3O3.2C17H14ClN3O3.2C17H14FN3O3/c1-12-8-14(10-15(9-12)18(23)24)16-11-21(6-7-22)20-17(16)13-2-4-19-5-3-13;18-14-8-12(7-13(9-14)17(23)24)15-10-21(5-6-22)20-16(15)11-1-3-19-4-2-11;18-15-12(2-1-3-13(15)17(23)24)14-10-21(8-9-22)20-16(14)11-4-6-19-7-5-11;18-14-8-12(7-13(9-14)17(23)24)15-10-21(5-6-22)20-16(15)11-1-3-19-4-2-11;18-15-12(2-1-3-13(15)17(23)24)14-10-21(8-9-22)20-16(14)11-4-6-19-7-5-11/h2-5,8-11,22H,6-7H2,1H3,(H,23,24);1-4,7-10,22H,5-6H2,(H,23,24);1-7,10,22H,8-9H2,(H,23,24);1-4,7-10,22H,5-6H2,(H,23,24);1-7,10,22H,8-9H2,(H,23,24). The maximum absolute atomic E-state index is 14.6. The Balaban J connectivity index is 0.000000147. The second-order valence-electron chi connectivity index (χ2n) is 26.0. The molecule has 610 valence electrons. The number of aliphatic hydroxyl groups excluding tert-OH is 5. The number of aromatic nitrogens is 15. The van der Waals surface area contributed by atoms with Crippen molar-refractivity contribution in [1.29, 1.82) is 0 Å². The Hall–Kier alpha value is -14.5. The molecular formula is C86H73Cl2F2N15O15. The Morgan fingerprint density at radius 1 is 0.317 bits per heavy atom. The van der Waals surface area contributed by atoms with Crippen molar-refractivity contribution < 1.29 is 83.8 Å². The molecule has 0 atom stereocenters. The highest BCUT2D eigenvalue weighted by molar-refractivity contribution is 6.36. The average Bonchev–Trinajstić information content (AvgIpc) is 1.67. The summed E-state index contributed by atoms with van der Waals surface area (Å²) in [4.78, 5) is 76.2. The Morgan fingerprint density at radius 3 is 0.950 bits per heavy atom. The Morgan fingerprint density at radius 2 is 0.608 bits per heavy atom. The van der Waals surface area contributed by atoms with Gasteiger partial charge in [-0.05, 0) is 151 Å². The molecule has 0 spiro atoms. The van der Waals surface area contributed by atoms with Gasteiger partial charge < -0.3 is 51.1 Å². The maximum Gasteiger partial charge on any atom is 0.338 e. The Bertz CT molecular complexity index is 5600. The van der Waals surface area contributed by atoms with Gasteiger partial charge in [0.15, 0.2) is 0 Å². The molecule has 0 unspecified atom stereocenters. The molecule has 15 rings (SSSR count). The third kappa shape index (κ3) is 21.6. The van der Waals surface area contributed by atoms with Gasteiger partial charge in [-0.2, -0.15) is 25.5 Å². The molecule has 5 aromatic carbocycles. The first-order chi connectivity index (χ1) is 58.0. The molecule has 0 aliphatic carbocycles. The number of aliphatic hydroxyl groups is 5. The van der Waals surface area contributed by atoms with E-state index in [0.717, 1.165) is 61.8 Å². The van der Waals surface area contributed by atoms with Crippen LogP contribution >= 0.6 is 23.2 Å². The van der Waals surface area contributed by atoms with Gasteiger partial charge in [-0.25, -0.2) is 32.8 Å². The zero-order valence-electron chi connectivity index (χ0n) is 63.4. The molecule has 10 aromatic heterocycles. The minimum atomic E-state index is -1.33. The highest BCUT2D eigenvalue weighted by Crippen LogP contribution is 2.40. The molecule has 0 saturated carbocycles. The van der Waals surface area contributed by atoms with Crippen LogP contribution in [0.2, 0.25) is 10.0 Å². The van der Waals surface area contributed by atoms with Crippen LogP contribution in [0.1, 0.15) is 57.4 Å². The number of hydrogen-bond acceptors (Lipinski definition) is 20. The third-order valence-corrected chi connectivity index (χ3v) is 18.4. The highest BCUT2D eigenvalue weighted by atomic mass is 35.5. The van der Waals surface area contributed by atoms with Crippen molar-refractivity contribution in [3.05, 3.63) is 300 Å². The van der Waals surface area contributed by atoms with Crippen molar-refractivity contribution in [2.24, 2.45) is 0 Å². The monoisotopic (exact) mass is 1660 g/mol. The molecule has 0 aliphatic heterocycles. The van der Waals surface area contributed by atoms with Crippen LogP contribution in [0.3, 0.4) is 0 Å². The number of halogens is 4. The van der Waals surface area contributed by atoms with E-state index in [1.165, 1.54) is 51.8 Å². The predicted molar refractivity (Wildman–Crippen MR) is 439 cm³/mol. The predicted octanol–water partition coefficient (Wildman–Crippen LogP) is 13.4. The van der Waals surface area contributed by atoms with Crippen LogP contribution in [0.5, 0.6) is 0 Å². The quantitative estimate of drug-likeness (QED) is 0.0254. The number of pyridine rings is 5. The smallest absolute Gasteiger partial charge is 0.338 e. The fraction of sp³-hybridized carbons (Fsp3) is 0.128. The first-order valence-corrected chi connectivity index (χ1v) is 37.2. The molecule has 30 nitrogen and oxygen atoms in total. The van der Waals surface area contributed by atoms with E-state index in [1.54, 1.807) is 161 Å². The molecule has 120 heavy (non-hydrogen) atoms. The summed E-state index contributed by atoms with van der Waals surface area (Å²) in [6.07, 6.45) is 25.0. The zero-order chi connectivity index (χ0) is 85.5. The Kier molecular flexibility index (Phi) is 29.4. The summed E-state index contributed by atoms with van der Waals surface area (Å²) >= 11 is 12.4. The maximum atomic E-state index is 14.6. The molecule has 0 fully saturated rings. The third-order valence-electron chi connectivity index (χ3n) is 17.8. The second-order valence-corrected chi connectivity index (χ2v) is 26.8. The van der Waals surface area contributed by atoms with E-state index in [1.807, 2.05) is 55.6 Å². The number of benzene rings is 5. The molecule has 10 heterocycles. The lowest BCUT2D eigenvalue weighted by Gasteiger charge is -2.07. The number of nitrogens with zero attached hydrogens (tertiary/aromatic N) is 15. The van der Waals surface area contributed by atoms with Crippen LogP contribution in [0.25, 0.3) is 112 Å². The fourth-order valence-electron chi connectivity index (χ4n) is 12.4. The fourth-order valence-corrected chi connectivity index (χ4v) is 13.0. The van der Waals surface area contributed by atoms with Gasteiger partial charge in [-0.15, -0.1) is 0 Å². The van der Waals surface area contributed by atoms with E-state index in [-0.39, 0.29) is 79.0 Å².